The molecule has 0 aliphatic rings. The number of nitrogens with one attached hydrogen (secondary N) is 2. The van der Waals surface area contributed by atoms with Gasteiger partial charge in [0.25, 0.3) is 0 Å². The largest absolute Gasteiger partial charge is 0.394 e. The minimum atomic E-state index is -1.07. The van der Waals surface area contributed by atoms with Gasteiger partial charge in [-0.05, 0) is 5.92 Å². The molecule has 18 heavy (non-hydrogen) atoms. The molecular formula is C11H20N3O4. The molecule has 5 N–H and O–H groups in total. The molecule has 0 bridgehead atoms. The summed E-state index contributed by atoms with van der Waals surface area (Å²) in [6.07, 6.45) is 2.21. The first kappa shape index (κ1) is 16.5. The molecule has 103 valence electrons. The quantitative estimate of drug-likeness (QED) is 0.403. The second kappa shape index (κ2) is 8.60. The maximum atomic E-state index is 11.5. The molecule has 3 atom stereocenters. The molecule has 7 heteroatoms. The Morgan fingerprint density at radius 1 is 1.44 bits per heavy atom. The number of carbonyl (C=O) groups is 2. The van der Waals surface area contributed by atoms with Crippen LogP contribution in [0.4, 0.5) is 0 Å². The van der Waals surface area contributed by atoms with Crippen LogP contribution in [0.1, 0.15) is 20.3 Å². The van der Waals surface area contributed by atoms with Crippen LogP contribution in [0.15, 0.2) is 0 Å². The lowest BCUT2D eigenvalue weighted by molar-refractivity contribution is -0.127. The van der Waals surface area contributed by atoms with E-state index in [0.717, 1.165) is 6.42 Å². The standard InChI is InChI=1S/C11H20N3O4/c1-3-7(2)10(12)11(18)13-4-9(17)14-8(5-15)6-16/h7-8,10,15H,3-5,12H2,1-2H3,(H,13,18)(H,14,17). The van der Waals surface area contributed by atoms with E-state index in [2.05, 4.69) is 10.6 Å². The highest BCUT2D eigenvalue weighted by Crippen LogP contribution is 2.04. The normalized spacial score (nSPS) is 15.3. The van der Waals surface area contributed by atoms with Crippen molar-refractivity contribution in [1.29, 1.82) is 0 Å². The van der Waals surface area contributed by atoms with Gasteiger partial charge in [-0.3, -0.25) is 14.4 Å². The summed E-state index contributed by atoms with van der Waals surface area (Å²) in [5.74, 6) is -0.987. The molecule has 1 radical (unpaired) electrons. The molecule has 0 aromatic carbocycles. The Morgan fingerprint density at radius 2 is 2.06 bits per heavy atom. The number of nitrogens with two attached hydrogens (primary N) is 1. The lowest BCUT2D eigenvalue weighted by atomic mass is 9.99. The molecular weight excluding hydrogens is 238 g/mol. The van der Waals surface area contributed by atoms with Crippen molar-refractivity contribution < 1.29 is 19.5 Å². The fraction of sp³-hybridized carbons (Fsp3) is 0.727. The van der Waals surface area contributed by atoms with Crippen LogP contribution in [0.3, 0.4) is 0 Å². The van der Waals surface area contributed by atoms with Crippen molar-refractivity contribution >= 4 is 18.1 Å². The van der Waals surface area contributed by atoms with Crippen molar-refractivity contribution in [2.24, 2.45) is 11.7 Å². The van der Waals surface area contributed by atoms with Crippen LogP contribution in [0.25, 0.3) is 0 Å². The van der Waals surface area contributed by atoms with E-state index in [9.17, 15) is 14.4 Å². The van der Waals surface area contributed by atoms with Gasteiger partial charge in [-0.15, -0.1) is 0 Å². The third-order valence-corrected chi connectivity index (χ3v) is 2.64. The zero-order valence-electron chi connectivity index (χ0n) is 10.6. The van der Waals surface area contributed by atoms with Gasteiger partial charge in [0.05, 0.1) is 19.2 Å². The maximum Gasteiger partial charge on any atom is 0.240 e. The summed E-state index contributed by atoms with van der Waals surface area (Å²) in [4.78, 5) is 33.0. The fourth-order valence-electron chi connectivity index (χ4n) is 1.16. The van der Waals surface area contributed by atoms with Crippen LogP contribution in [0.5, 0.6) is 0 Å². The fourth-order valence-corrected chi connectivity index (χ4v) is 1.16. The van der Waals surface area contributed by atoms with Gasteiger partial charge in [-0.25, -0.2) is 0 Å². The van der Waals surface area contributed by atoms with Crippen LogP contribution < -0.4 is 16.4 Å². The monoisotopic (exact) mass is 258 g/mol. The average molecular weight is 258 g/mol. The SMILES string of the molecule is CCC(C)C(N)C(=O)NCC(=O)NC([C]=O)CO. The lowest BCUT2D eigenvalue weighted by Gasteiger charge is -2.17. The van der Waals surface area contributed by atoms with Crippen LogP contribution in [-0.4, -0.2) is 48.4 Å². The van der Waals surface area contributed by atoms with E-state index in [1.54, 1.807) is 0 Å². The Kier molecular flexibility index (Phi) is 7.89. The number of hydrogen-bond acceptors (Lipinski definition) is 5. The van der Waals surface area contributed by atoms with E-state index in [1.807, 2.05) is 13.8 Å². The van der Waals surface area contributed by atoms with E-state index < -0.39 is 30.5 Å². The van der Waals surface area contributed by atoms with Crippen LogP contribution in [0, 0.1) is 5.92 Å². The van der Waals surface area contributed by atoms with Gasteiger partial charge >= 0.3 is 0 Å². The second-order valence-electron chi connectivity index (χ2n) is 4.05. The van der Waals surface area contributed by atoms with E-state index in [0.29, 0.717) is 0 Å². The molecule has 0 aromatic heterocycles. The highest BCUT2D eigenvalue weighted by atomic mass is 16.3. The minimum absolute atomic E-state index is 0.0153. The van der Waals surface area contributed by atoms with E-state index in [4.69, 9.17) is 10.8 Å². The molecule has 0 aliphatic heterocycles. The molecule has 0 spiro atoms. The minimum Gasteiger partial charge on any atom is -0.394 e. The molecule has 0 aromatic rings. The van der Waals surface area contributed by atoms with Gasteiger partial charge < -0.3 is 21.5 Å². The molecule has 0 saturated carbocycles. The molecule has 0 aliphatic carbocycles. The number of rotatable bonds is 8. The molecule has 0 rings (SSSR count). The van der Waals surface area contributed by atoms with Gasteiger partial charge in [-0.2, -0.15) is 0 Å². The third-order valence-electron chi connectivity index (χ3n) is 2.64. The Labute approximate surface area is 106 Å². The molecule has 7 nitrogen and oxygen atoms in total. The zero-order valence-corrected chi connectivity index (χ0v) is 10.6. The Morgan fingerprint density at radius 3 is 2.50 bits per heavy atom. The summed E-state index contributed by atoms with van der Waals surface area (Å²) in [6, 6.07) is -1.74. The van der Waals surface area contributed by atoms with Crippen LogP contribution in [-0.2, 0) is 14.4 Å². The topological polar surface area (TPSA) is 122 Å². The highest BCUT2D eigenvalue weighted by Gasteiger charge is 2.20. The van der Waals surface area contributed by atoms with Crippen molar-refractivity contribution in [1.82, 2.24) is 10.6 Å². The van der Waals surface area contributed by atoms with E-state index in [-0.39, 0.29) is 12.5 Å². The summed E-state index contributed by atoms with van der Waals surface area (Å²) in [7, 11) is 0. The first-order valence-corrected chi connectivity index (χ1v) is 5.77. The molecule has 0 saturated heterocycles. The number of amides is 2. The smallest absolute Gasteiger partial charge is 0.240 e. The predicted molar refractivity (Wildman–Crippen MR) is 65.2 cm³/mol. The maximum absolute atomic E-state index is 11.5. The second-order valence-corrected chi connectivity index (χ2v) is 4.05. The van der Waals surface area contributed by atoms with Gasteiger partial charge in [0.15, 0.2) is 0 Å². The van der Waals surface area contributed by atoms with E-state index >= 15 is 0 Å². The zero-order chi connectivity index (χ0) is 14.1. The summed E-state index contributed by atoms with van der Waals surface area (Å²) < 4.78 is 0. The number of aliphatic hydroxyl groups is 1. The van der Waals surface area contributed by atoms with Crippen molar-refractivity contribution in [2.75, 3.05) is 13.2 Å². The molecule has 0 fully saturated rings. The highest BCUT2D eigenvalue weighted by molar-refractivity contribution is 5.88. The summed E-state index contributed by atoms with van der Waals surface area (Å²) >= 11 is 0. The molecule has 3 unspecified atom stereocenters. The van der Waals surface area contributed by atoms with Crippen molar-refractivity contribution in [3.8, 4) is 0 Å². The van der Waals surface area contributed by atoms with Crippen molar-refractivity contribution in [3.05, 3.63) is 0 Å². The van der Waals surface area contributed by atoms with Gasteiger partial charge in [-0.1, -0.05) is 20.3 Å². The third kappa shape index (κ3) is 5.74. The molecule has 0 heterocycles. The predicted octanol–water partition coefficient (Wildman–Crippen LogP) is -1.94. The summed E-state index contributed by atoms with van der Waals surface area (Å²) in [5, 5.41) is 13.2. The summed E-state index contributed by atoms with van der Waals surface area (Å²) in [5.41, 5.74) is 5.66. The lowest BCUT2D eigenvalue weighted by Crippen LogP contribution is -2.49. The number of carbonyl (C=O) groups excluding carboxylic acids is 3. The Balaban J connectivity index is 4.05. The van der Waals surface area contributed by atoms with E-state index in [1.165, 1.54) is 6.29 Å². The molecule has 2 amide bonds. The Bertz CT molecular complexity index is 296. The first-order chi connectivity index (χ1) is 8.46. The number of aliphatic hydroxyl groups excluding tert-OH is 1. The summed E-state index contributed by atoms with van der Waals surface area (Å²) in [6.45, 7) is 2.93. The van der Waals surface area contributed by atoms with Gasteiger partial charge in [0, 0.05) is 0 Å². The average Bonchev–Trinajstić information content (AvgIpc) is 2.40. The van der Waals surface area contributed by atoms with Crippen molar-refractivity contribution in [3.63, 3.8) is 0 Å². The first-order valence-electron chi connectivity index (χ1n) is 5.77. The van der Waals surface area contributed by atoms with Gasteiger partial charge in [0.1, 0.15) is 6.04 Å². The number of hydrogen-bond donors (Lipinski definition) is 4. The van der Waals surface area contributed by atoms with Crippen LogP contribution >= 0.6 is 0 Å². The Hall–Kier alpha value is -1.47. The van der Waals surface area contributed by atoms with Crippen molar-refractivity contribution in [2.45, 2.75) is 32.4 Å². The van der Waals surface area contributed by atoms with Crippen LogP contribution in [0.2, 0.25) is 0 Å². The van der Waals surface area contributed by atoms with Gasteiger partial charge in [0.2, 0.25) is 18.1 Å².